The van der Waals surface area contributed by atoms with Crippen molar-refractivity contribution in [2.75, 3.05) is 6.61 Å². The van der Waals surface area contributed by atoms with Crippen molar-refractivity contribution in [1.82, 2.24) is 0 Å². The Morgan fingerprint density at radius 1 is 1.12 bits per heavy atom. The first-order valence-corrected chi connectivity index (χ1v) is 8.05. The lowest BCUT2D eigenvalue weighted by Gasteiger charge is -2.11. The van der Waals surface area contributed by atoms with Crippen LogP contribution in [-0.4, -0.2) is 19.0 Å². The summed E-state index contributed by atoms with van der Waals surface area (Å²) in [6, 6.07) is 8.99. The first-order valence-electron chi connectivity index (χ1n) is 7.30. The van der Waals surface area contributed by atoms with Crippen molar-refractivity contribution in [3.8, 4) is 11.5 Å². The monoisotopic (exact) mass is 386 g/mol. The fourth-order valence-electron chi connectivity index (χ4n) is 2.01. The third kappa shape index (κ3) is 5.44. The molecular weight excluding hydrogens is 373 g/mol. The van der Waals surface area contributed by atoms with Crippen LogP contribution >= 0.6 is 23.2 Å². The van der Waals surface area contributed by atoms with Gasteiger partial charge in [0.25, 0.3) is 0 Å². The number of carbonyl (C=O) groups excluding carboxylic acids is 1. The molecule has 0 amide bonds. The van der Waals surface area contributed by atoms with Crippen LogP contribution in [0.25, 0.3) is 6.08 Å². The third-order valence-electron chi connectivity index (χ3n) is 3.11. The van der Waals surface area contributed by atoms with Crippen molar-refractivity contribution in [1.29, 1.82) is 0 Å². The Bertz CT molecular complexity index is 792. The molecule has 0 aliphatic rings. The highest BCUT2D eigenvalue weighted by Gasteiger charge is 2.11. The van der Waals surface area contributed by atoms with Crippen LogP contribution in [0, 0.1) is 0 Å². The highest BCUT2D eigenvalue weighted by atomic mass is 35.5. The minimum atomic E-state index is -2.95. The van der Waals surface area contributed by atoms with Crippen molar-refractivity contribution in [3.05, 3.63) is 63.6 Å². The van der Waals surface area contributed by atoms with Gasteiger partial charge in [-0.3, -0.25) is 4.79 Å². The molecule has 2 aromatic rings. The smallest absolute Gasteiger partial charge is 0.387 e. The van der Waals surface area contributed by atoms with Crippen molar-refractivity contribution in [2.24, 2.45) is 0 Å². The second kappa shape index (κ2) is 8.83. The molecule has 0 saturated heterocycles. The number of ether oxygens (including phenoxy) is 2. The van der Waals surface area contributed by atoms with E-state index in [0.29, 0.717) is 16.1 Å². The molecule has 0 aromatic heterocycles. The van der Waals surface area contributed by atoms with Gasteiger partial charge >= 0.3 is 6.61 Å². The Morgan fingerprint density at radius 3 is 2.52 bits per heavy atom. The highest BCUT2D eigenvalue weighted by Crippen LogP contribution is 2.30. The summed E-state index contributed by atoms with van der Waals surface area (Å²) in [6.45, 7) is -0.936. The van der Waals surface area contributed by atoms with Crippen molar-refractivity contribution in [2.45, 2.75) is 13.5 Å². The summed E-state index contributed by atoms with van der Waals surface area (Å²) >= 11 is 11.7. The summed E-state index contributed by atoms with van der Waals surface area (Å²) in [7, 11) is 0. The summed E-state index contributed by atoms with van der Waals surface area (Å²) in [5.74, 6) is -0.166. The molecule has 0 heterocycles. The Morgan fingerprint density at radius 2 is 1.88 bits per heavy atom. The molecule has 0 radical (unpaired) electrons. The second-order valence-corrected chi connectivity index (χ2v) is 5.66. The van der Waals surface area contributed by atoms with Crippen LogP contribution in [0.5, 0.6) is 11.5 Å². The van der Waals surface area contributed by atoms with Gasteiger partial charge in [-0.05, 0) is 48.9 Å². The second-order valence-electron chi connectivity index (χ2n) is 4.84. The number of benzene rings is 2. The molecule has 7 heteroatoms. The normalized spacial score (nSPS) is 11.1. The third-order valence-corrected chi connectivity index (χ3v) is 3.85. The van der Waals surface area contributed by atoms with Gasteiger partial charge in [0.15, 0.2) is 17.3 Å². The SMILES string of the molecule is CCOc1cc(/C=C/C(=O)c2ccc(Cl)c(Cl)c2)ccc1OC(F)F. The number of ketones is 1. The minimum Gasteiger partial charge on any atom is -0.490 e. The first-order chi connectivity index (χ1) is 11.9. The minimum absolute atomic E-state index is 0.0650. The molecule has 132 valence electrons. The van der Waals surface area contributed by atoms with E-state index in [1.165, 1.54) is 30.3 Å². The van der Waals surface area contributed by atoms with E-state index in [1.54, 1.807) is 25.1 Å². The maximum Gasteiger partial charge on any atom is 0.387 e. The molecular formula is C18H14Cl2F2O3. The van der Waals surface area contributed by atoms with Crippen LogP contribution in [0.2, 0.25) is 10.0 Å². The summed E-state index contributed by atoms with van der Waals surface area (Å²) < 4.78 is 34.5. The largest absolute Gasteiger partial charge is 0.490 e. The van der Waals surface area contributed by atoms with Crippen LogP contribution in [0.4, 0.5) is 8.78 Å². The van der Waals surface area contributed by atoms with Crippen LogP contribution in [0.3, 0.4) is 0 Å². The maximum atomic E-state index is 12.4. The Kier molecular flexibility index (Phi) is 6.79. The number of halogens is 4. The van der Waals surface area contributed by atoms with Gasteiger partial charge in [0.2, 0.25) is 0 Å². The van der Waals surface area contributed by atoms with Gasteiger partial charge in [0.05, 0.1) is 16.7 Å². The lowest BCUT2D eigenvalue weighted by atomic mass is 10.1. The summed E-state index contributed by atoms with van der Waals surface area (Å²) in [6.07, 6.45) is 2.89. The van der Waals surface area contributed by atoms with E-state index in [-0.39, 0.29) is 28.9 Å². The number of hydrogen-bond donors (Lipinski definition) is 0. The topological polar surface area (TPSA) is 35.5 Å². The Hall–Kier alpha value is -2.11. The molecule has 0 N–H and O–H groups in total. The van der Waals surface area contributed by atoms with E-state index in [2.05, 4.69) is 4.74 Å². The predicted octanol–water partition coefficient (Wildman–Crippen LogP) is 5.89. The van der Waals surface area contributed by atoms with E-state index < -0.39 is 6.61 Å². The molecule has 2 aromatic carbocycles. The van der Waals surface area contributed by atoms with Gasteiger partial charge in [-0.1, -0.05) is 35.3 Å². The highest BCUT2D eigenvalue weighted by molar-refractivity contribution is 6.42. The molecule has 25 heavy (non-hydrogen) atoms. The zero-order valence-corrected chi connectivity index (χ0v) is 14.7. The molecule has 0 spiro atoms. The molecule has 3 nitrogen and oxygen atoms in total. The molecule has 0 aliphatic heterocycles. The van der Waals surface area contributed by atoms with Gasteiger partial charge in [-0.2, -0.15) is 8.78 Å². The molecule has 2 rings (SSSR count). The van der Waals surface area contributed by atoms with Crippen molar-refractivity contribution >= 4 is 35.1 Å². The number of carbonyl (C=O) groups is 1. The Labute approximate surface area is 153 Å². The van der Waals surface area contributed by atoms with E-state index in [1.807, 2.05) is 0 Å². The summed E-state index contributed by atoms with van der Waals surface area (Å²) in [5.41, 5.74) is 0.979. The van der Waals surface area contributed by atoms with E-state index in [0.717, 1.165) is 0 Å². The fourth-order valence-corrected chi connectivity index (χ4v) is 2.31. The van der Waals surface area contributed by atoms with Gasteiger partial charge in [0.1, 0.15) is 0 Å². The number of allylic oxidation sites excluding steroid dienone is 1. The van der Waals surface area contributed by atoms with Crippen molar-refractivity contribution < 1.29 is 23.0 Å². The predicted molar refractivity (Wildman–Crippen MR) is 94.1 cm³/mol. The zero-order chi connectivity index (χ0) is 18.4. The van der Waals surface area contributed by atoms with E-state index in [9.17, 15) is 13.6 Å². The molecule has 0 saturated carbocycles. The molecule has 0 bridgehead atoms. The van der Waals surface area contributed by atoms with Gasteiger partial charge in [-0.15, -0.1) is 0 Å². The quantitative estimate of drug-likeness (QED) is 0.439. The lowest BCUT2D eigenvalue weighted by Crippen LogP contribution is -2.04. The number of hydrogen-bond acceptors (Lipinski definition) is 3. The number of rotatable bonds is 7. The molecule has 0 unspecified atom stereocenters. The van der Waals surface area contributed by atoms with E-state index in [4.69, 9.17) is 27.9 Å². The average molecular weight is 387 g/mol. The van der Waals surface area contributed by atoms with E-state index >= 15 is 0 Å². The standard InChI is InChI=1S/C18H14Cl2F2O3/c1-2-24-17-9-11(4-8-16(17)25-18(21)22)3-7-15(23)12-5-6-13(19)14(20)10-12/h3-10,18H,2H2,1H3/b7-3+. The van der Waals surface area contributed by atoms with Crippen molar-refractivity contribution in [3.63, 3.8) is 0 Å². The van der Waals surface area contributed by atoms with Crippen LogP contribution in [-0.2, 0) is 0 Å². The first kappa shape index (κ1) is 19.2. The number of alkyl halides is 2. The average Bonchev–Trinajstić information content (AvgIpc) is 2.57. The van der Waals surface area contributed by atoms with Crippen LogP contribution in [0.15, 0.2) is 42.5 Å². The fraction of sp³-hybridized carbons (Fsp3) is 0.167. The van der Waals surface area contributed by atoms with Crippen LogP contribution < -0.4 is 9.47 Å². The zero-order valence-electron chi connectivity index (χ0n) is 13.1. The van der Waals surface area contributed by atoms with Gasteiger partial charge in [-0.25, -0.2) is 0 Å². The van der Waals surface area contributed by atoms with Crippen LogP contribution in [0.1, 0.15) is 22.8 Å². The summed E-state index contributed by atoms with van der Waals surface area (Å²) in [4.78, 5) is 12.2. The Balaban J connectivity index is 2.20. The lowest BCUT2D eigenvalue weighted by molar-refractivity contribution is -0.0514. The van der Waals surface area contributed by atoms with Gasteiger partial charge < -0.3 is 9.47 Å². The molecule has 0 fully saturated rings. The van der Waals surface area contributed by atoms with Gasteiger partial charge in [0, 0.05) is 5.56 Å². The molecule has 0 atom stereocenters. The maximum absolute atomic E-state index is 12.4. The molecule has 0 aliphatic carbocycles. The summed E-state index contributed by atoms with van der Waals surface area (Å²) in [5, 5.41) is 0.645.